The van der Waals surface area contributed by atoms with Crippen LogP contribution in [0.15, 0.2) is 12.2 Å². The standard InChI is InChI=1S/C8H14N2O4/c1-3-9-13-7(11)5-6-8(12)14-10-4-2/h5-6,9-10H,3-4H2,1-2H3/b6-5+. The highest BCUT2D eigenvalue weighted by Crippen LogP contribution is 1.81. The van der Waals surface area contributed by atoms with Crippen LogP contribution in [0, 0.1) is 0 Å². The number of carbonyl (C=O) groups excluding carboxylic acids is 2. The first-order chi connectivity index (χ1) is 6.70. The number of carbonyl (C=O) groups is 2. The Bertz CT molecular complexity index is 193. The van der Waals surface area contributed by atoms with Crippen molar-refractivity contribution in [3.05, 3.63) is 12.2 Å². The molecule has 0 saturated heterocycles. The molecule has 0 aliphatic heterocycles. The third-order valence-corrected chi connectivity index (χ3v) is 0.990. The van der Waals surface area contributed by atoms with Gasteiger partial charge in [0, 0.05) is 25.2 Å². The molecule has 0 aromatic heterocycles. The van der Waals surface area contributed by atoms with Crippen molar-refractivity contribution in [2.24, 2.45) is 0 Å². The Morgan fingerprint density at radius 3 is 1.64 bits per heavy atom. The van der Waals surface area contributed by atoms with Gasteiger partial charge in [0.05, 0.1) is 0 Å². The van der Waals surface area contributed by atoms with Crippen LogP contribution in [0.25, 0.3) is 0 Å². The first kappa shape index (κ1) is 12.6. The van der Waals surface area contributed by atoms with Crippen LogP contribution in [0.3, 0.4) is 0 Å². The Balaban J connectivity index is 3.68. The third kappa shape index (κ3) is 7.26. The molecule has 2 N–H and O–H groups in total. The smallest absolute Gasteiger partial charge is 0.349 e. The van der Waals surface area contributed by atoms with Gasteiger partial charge in [-0.15, -0.1) is 0 Å². The van der Waals surface area contributed by atoms with Gasteiger partial charge in [-0.2, -0.15) is 11.0 Å². The van der Waals surface area contributed by atoms with E-state index in [4.69, 9.17) is 0 Å². The molecule has 0 saturated carbocycles. The van der Waals surface area contributed by atoms with Gasteiger partial charge in [-0.3, -0.25) is 0 Å². The van der Waals surface area contributed by atoms with Crippen LogP contribution in [0.5, 0.6) is 0 Å². The van der Waals surface area contributed by atoms with E-state index in [2.05, 4.69) is 20.6 Å². The van der Waals surface area contributed by atoms with Crippen molar-refractivity contribution in [3.63, 3.8) is 0 Å². The minimum absolute atomic E-state index is 0.501. The van der Waals surface area contributed by atoms with E-state index < -0.39 is 11.9 Å². The van der Waals surface area contributed by atoms with E-state index in [1.165, 1.54) is 0 Å². The summed E-state index contributed by atoms with van der Waals surface area (Å²) >= 11 is 0. The number of nitrogens with one attached hydrogen (secondary N) is 2. The molecule has 0 bridgehead atoms. The molecule has 0 heterocycles. The van der Waals surface area contributed by atoms with E-state index in [1.807, 2.05) is 0 Å². The van der Waals surface area contributed by atoms with Crippen LogP contribution in [-0.2, 0) is 19.3 Å². The molecule has 0 unspecified atom stereocenters. The van der Waals surface area contributed by atoms with Crippen LogP contribution in [-0.4, -0.2) is 25.0 Å². The number of hydroxylamine groups is 2. The normalized spacial score (nSPS) is 10.1. The minimum atomic E-state index is -0.653. The van der Waals surface area contributed by atoms with Crippen molar-refractivity contribution >= 4 is 11.9 Å². The molecule has 0 atom stereocenters. The number of rotatable bonds is 6. The van der Waals surface area contributed by atoms with Gasteiger partial charge in [0.1, 0.15) is 0 Å². The zero-order valence-electron chi connectivity index (χ0n) is 8.20. The van der Waals surface area contributed by atoms with Crippen LogP contribution in [0.1, 0.15) is 13.8 Å². The average molecular weight is 202 g/mol. The fourth-order valence-corrected chi connectivity index (χ4v) is 0.491. The summed E-state index contributed by atoms with van der Waals surface area (Å²) in [6.07, 6.45) is 1.95. The van der Waals surface area contributed by atoms with Gasteiger partial charge in [0.2, 0.25) is 0 Å². The molecule has 0 spiro atoms. The van der Waals surface area contributed by atoms with Gasteiger partial charge in [0.25, 0.3) is 0 Å². The van der Waals surface area contributed by atoms with Crippen LogP contribution in [0.2, 0.25) is 0 Å². The van der Waals surface area contributed by atoms with Crippen LogP contribution >= 0.6 is 0 Å². The highest BCUT2D eigenvalue weighted by molar-refractivity contribution is 5.91. The highest BCUT2D eigenvalue weighted by Gasteiger charge is 1.99. The summed E-state index contributed by atoms with van der Waals surface area (Å²) in [6, 6.07) is 0. The lowest BCUT2D eigenvalue weighted by Gasteiger charge is -1.99. The largest absolute Gasteiger partial charge is 0.367 e. The zero-order valence-corrected chi connectivity index (χ0v) is 8.20. The van der Waals surface area contributed by atoms with Crippen molar-refractivity contribution in [2.75, 3.05) is 13.1 Å². The molecule has 6 heteroatoms. The maximum Gasteiger partial charge on any atom is 0.349 e. The zero-order chi connectivity index (χ0) is 10.8. The maximum atomic E-state index is 10.8. The summed E-state index contributed by atoms with van der Waals surface area (Å²) < 4.78 is 0. The predicted molar refractivity (Wildman–Crippen MR) is 48.7 cm³/mol. The predicted octanol–water partition coefficient (Wildman–Crippen LogP) is -0.322. The summed E-state index contributed by atoms with van der Waals surface area (Å²) in [5.74, 6) is -1.31. The SMILES string of the molecule is CCNOC(=O)/C=C/C(=O)ONCC. The summed E-state index contributed by atoms with van der Waals surface area (Å²) in [6.45, 7) is 4.55. The average Bonchev–Trinajstić information content (AvgIpc) is 2.20. The molecular formula is C8H14N2O4. The summed E-state index contributed by atoms with van der Waals surface area (Å²) in [5.41, 5.74) is 4.69. The van der Waals surface area contributed by atoms with Crippen molar-refractivity contribution in [1.29, 1.82) is 0 Å². The second-order valence-electron chi connectivity index (χ2n) is 2.17. The molecule has 0 amide bonds. The van der Waals surface area contributed by atoms with Gasteiger partial charge in [0.15, 0.2) is 0 Å². The molecule has 14 heavy (non-hydrogen) atoms. The first-order valence-corrected chi connectivity index (χ1v) is 4.26. The monoisotopic (exact) mass is 202 g/mol. The van der Waals surface area contributed by atoms with Crippen molar-refractivity contribution in [3.8, 4) is 0 Å². The minimum Gasteiger partial charge on any atom is -0.367 e. The second-order valence-corrected chi connectivity index (χ2v) is 2.17. The molecular weight excluding hydrogens is 188 g/mol. The summed E-state index contributed by atoms with van der Waals surface area (Å²) in [5, 5.41) is 0. The molecule has 6 nitrogen and oxygen atoms in total. The van der Waals surface area contributed by atoms with E-state index in [0.717, 1.165) is 12.2 Å². The highest BCUT2D eigenvalue weighted by atomic mass is 16.7. The topological polar surface area (TPSA) is 76.7 Å². The van der Waals surface area contributed by atoms with E-state index in [0.29, 0.717) is 13.1 Å². The maximum absolute atomic E-state index is 10.8. The van der Waals surface area contributed by atoms with Gasteiger partial charge >= 0.3 is 11.9 Å². The quantitative estimate of drug-likeness (QED) is 0.454. The molecule has 0 rings (SSSR count). The Hall–Kier alpha value is -1.40. The molecule has 0 aliphatic rings. The second kappa shape index (κ2) is 8.21. The third-order valence-electron chi connectivity index (χ3n) is 0.990. The number of hydrogen-bond donors (Lipinski definition) is 2. The van der Waals surface area contributed by atoms with Gasteiger partial charge in [-0.1, -0.05) is 0 Å². The molecule has 0 aromatic carbocycles. The Morgan fingerprint density at radius 2 is 1.36 bits per heavy atom. The summed E-state index contributed by atoms with van der Waals surface area (Å²) in [4.78, 5) is 30.4. The Labute approximate surface area is 82.2 Å². The molecule has 0 aliphatic carbocycles. The van der Waals surface area contributed by atoms with Crippen LogP contribution < -0.4 is 11.0 Å². The lowest BCUT2D eigenvalue weighted by Crippen LogP contribution is -2.19. The lowest BCUT2D eigenvalue weighted by molar-refractivity contribution is -0.147. The van der Waals surface area contributed by atoms with Gasteiger partial charge in [-0.25, -0.2) is 9.59 Å². The van der Waals surface area contributed by atoms with Gasteiger partial charge < -0.3 is 9.68 Å². The molecule has 0 fully saturated rings. The van der Waals surface area contributed by atoms with E-state index >= 15 is 0 Å². The molecule has 80 valence electrons. The number of hydrogen-bond acceptors (Lipinski definition) is 6. The Morgan fingerprint density at radius 1 is 1.00 bits per heavy atom. The fraction of sp³-hybridized carbons (Fsp3) is 0.500. The summed E-state index contributed by atoms with van der Waals surface area (Å²) in [7, 11) is 0. The van der Waals surface area contributed by atoms with Gasteiger partial charge in [-0.05, 0) is 13.8 Å². The molecule has 0 aromatic rings. The molecule has 0 radical (unpaired) electrons. The van der Waals surface area contributed by atoms with E-state index in [-0.39, 0.29) is 0 Å². The Kier molecular flexibility index (Phi) is 7.39. The van der Waals surface area contributed by atoms with Crippen molar-refractivity contribution in [2.45, 2.75) is 13.8 Å². The first-order valence-electron chi connectivity index (χ1n) is 4.26. The van der Waals surface area contributed by atoms with Crippen LogP contribution in [0.4, 0.5) is 0 Å². The van der Waals surface area contributed by atoms with E-state index in [1.54, 1.807) is 13.8 Å². The van der Waals surface area contributed by atoms with Crippen molar-refractivity contribution < 1.29 is 19.3 Å². The van der Waals surface area contributed by atoms with E-state index in [9.17, 15) is 9.59 Å². The van der Waals surface area contributed by atoms with Crippen molar-refractivity contribution in [1.82, 2.24) is 11.0 Å². The fourth-order valence-electron chi connectivity index (χ4n) is 0.491. The lowest BCUT2D eigenvalue weighted by atomic mass is 10.5.